The Hall–Kier alpha value is -3.32. The monoisotopic (exact) mass is 553 g/mol. The highest BCUT2D eigenvalue weighted by Gasteiger charge is 2.32. The first-order valence-electron chi connectivity index (χ1n) is 12.3. The molecule has 0 aromatic heterocycles. The number of hydrogen-bond donors (Lipinski definition) is 7. The van der Waals surface area contributed by atoms with E-state index in [-0.39, 0.29) is 30.9 Å². The smallest absolute Gasteiger partial charge is 0.326 e. The summed E-state index contributed by atoms with van der Waals surface area (Å²) in [5.41, 5.74) is 11.7. The van der Waals surface area contributed by atoms with E-state index >= 15 is 0 Å². The number of carbonyl (C=O) groups is 5. The predicted octanol–water partition coefficient (Wildman–Crippen LogP) is -0.134. The van der Waals surface area contributed by atoms with Gasteiger partial charge in [0.15, 0.2) is 0 Å². The second-order valence-electron chi connectivity index (χ2n) is 9.10. The Morgan fingerprint density at radius 1 is 0.947 bits per heavy atom. The van der Waals surface area contributed by atoms with Crippen molar-refractivity contribution in [2.75, 3.05) is 12.0 Å². The highest BCUT2D eigenvalue weighted by molar-refractivity contribution is 7.98. The minimum Gasteiger partial charge on any atom is -0.508 e. The summed E-state index contributed by atoms with van der Waals surface area (Å²) in [4.78, 5) is 62.1. The molecule has 0 bridgehead atoms. The fourth-order valence-corrected chi connectivity index (χ4v) is 3.99. The van der Waals surface area contributed by atoms with Gasteiger partial charge in [0.1, 0.15) is 23.9 Å². The van der Waals surface area contributed by atoms with Crippen molar-refractivity contribution in [2.24, 2.45) is 17.4 Å². The van der Waals surface area contributed by atoms with Crippen LogP contribution < -0.4 is 27.4 Å². The van der Waals surface area contributed by atoms with Gasteiger partial charge < -0.3 is 37.6 Å². The van der Waals surface area contributed by atoms with Gasteiger partial charge in [0, 0.05) is 12.8 Å². The SMILES string of the molecule is CCC(C)C(NC(=O)C(Cc1ccc(O)cc1)NC(=O)C(CCC(N)=O)NC(=O)C(N)CCSC)C(=O)O. The molecule has 1 rings (SSSR count). The molecule has 1 aromatic rings. The number of aliphatic carboxylic acids is 1. The molecule has 5 atom stereocenters. The van der Waals surface area contributed by atoms with E-state index < -0.39 is 53.8 Å². The van der Waals surface area contributed by atoms with E-state index in [0.29, 0.717) is 24.2 Å². The van der Waals surface area contributed by atoms with Crippen molar-refractivity contribution < 1.29 is 34.2 Å². The fraction of sp³-hybridized carbons (Fsp3) is 0.560. The fourth-order valence-electron chi connectivity index (χ4n) is 3.50. The summed E-state index contributed by atoms with van der Waals surface area (Å²) >= 11 is 1.51. The number of primary amides is 1. The Morgan fingerprint density at radius 3 is 2.05 bits per heavy atom. The number of amides is 4. The first-order chi connectivity index (χ1) is 17.9. The van der Waals surface area contributed by atoms with Crippen LogP contribution in [0.1, 0.15) is 45.1 Å². The largest absolute Gasteiger partial charge is 0.508 e. The average Bonchev–Trinajstić information content (AvgIpc) is 2.87. The summed E-state index contributed by atoms with van der Waals surface area (Å²) in [5, 5.41) is 26.8. The van der Waals surface area contributed by atoms with Crippen LogP contribution in [0.2, 0.25) is 0 Å². The number of phenolic OH excluding ortho intramolecular Hbond substituents is 1. The molecule has 13 heteroatoms. The number of nitrogens with one attached hydrogen (secondary N) is 3. The lowest BCUT2D eigenvalue weighted by Gasteiger charge is -2.26. The third-order valence-electron chi connectivity index (χ3n) is 6.07. The van der Waals surface area contributed by atoms with E-state index in [2.05, 4.69) is 16.0 Å². The lowest BCUT2D eigenvalue weighted by Crippen LogP contribution is -2.58. The molecule has 0 aliphatic carbocycles. The molecule has 0 aliphatic heterocycles. The van der Waals surface area contributed by atoms with E-state index in [9.17, 15) is 34.2 Å². The molecule has 0 aliphatic rings. The molecule has 12 nitrogen and oxygen atoms in total. The number of carbonyl (C=O) groups excluding carboxylic acids is 4. The van der Waals surface area contributed by atoms with Gasteiger partial charge in [0.05, 0.1) is 6.04 Å². The number of rotatable bonds is 17. The second-order valence-corrected chi connectivity index (χ2v) is 10.1. The Labute approximate surface area is 226 Å². The van der Waals surface area contributed by atoms with Crippen LogP contribution in [0, 0.1) is 5.92 Å². The molecule has 0 spiro atoms. The topological polar surface area (TPSA) is 214 Å². The van der Waals surface area contributed by atoms with Gasteiger partial charge in [-0.2, -0.15) is 11.8 Å². The number of thioether (sulfide) groups is 1. The van der Waals surface area contributed by atoms with Crippen molar-refractivity contribution >= 4 is 41.4 Å². The lowest BCUT2D eigenvalue weighted by molar-refractivity contribution is -0.143. The van der Waals surface area contributed by atoms with Crippen molar-refractivity contribution in [3.05, 3.63) is 29.8 Å². The Bertz CT molecular complexity index is 960. The number of carboxylic acid groups (broad SMARTS) is 1. The first kappa shape index (κ1) is 32.7. The predicted molar refractivity (Wildman–Crippen MR) is 144 cm³/mol. The van der Waals surface area contributed by atoms with Crippen molar-refractivity contribution in [3.63, 3.8) is 0 Å². The molecule has 4 amide bonds. The summed E-state index contributed by atoms with van der Waals surface area (Å²) in [6.07, 6.45) is 2.36. The Balaban J connectivity index is 3.18. The van der Waals surface area contributed by atoms with Crippen molar-refractivity contribution in [3.8, 4) is 5.75 Å². The van der Waals surface area contributed by atoms with Crippen LogP contribution in [-0.4, -0.2) is 76.0 Å². The maximum atomic E-state index is 13.2. The minimum absolute atomic E-state index is 0.00791. The highest BCUT2D eigenvalue weighted by Crippen LogP contribution is 2.13. The summed E-state index contributed by atoms with van der Waals surface area (Å²) in [6.45, 7) is 3.47. The lowest BCUT2D eigenvalue weighted by atomic mass is 9.98. The Morgan fingerprint density at radius 2 is 1.53 bits per heavy atom. The molecule has 0 fully saturated rings. The van der Waals surface area contributed by atoms with Crippen molar-refractivity contribution in [1.82, 2.24) is 16.0 Å². The standard InChI is InChI=1S/C25H39N5O7S/c1-4-14(2)21(25(36)37)30-24(35)19(13-15-5-7-16(31)8-6-15)29-23(34)18(9-10-20(27)32)28-22(33)17(26)11-12-38-3/h5-8,14,17-19,21,31H,4,9-13,26H2,1-3H3,(H2,27,32)(H,28,33)(H,29,34)(H,30,35)(H,36,37). The molecule has 0 saturated carbocycles. The number of carboxylic acids is 1. The second kappa shape index (κ2) is 16.5. The average molecular weight is 554 g/mol. The third-order valence-corrected chi connectivity index (χ3v) is 6.71. The van der Waals surface area contributed by atoms with Gasteiger partial charge in [-0.05, 0) is 48.5 Å². The van der Waals surface area contributed by atoms with E-state index in [1.54, 1.807) is 26.0 Å². The summed E-state index contributed by atoms with van der Waals surface area (Å²) < 4.78 is 0. The minimum atomic E-state index is -1.23. The molecule has 0 heterocycles. The maximum absolute atomic E-state index is 13.2. The highest BCUT2D eigenvalue weighted by atomic mass is 32.2. The zero-order valence-corrected chi connectivity index (χ0v) is 22.8. The van der Waals surface area contributed by atoms with Gasteiger partial charge in [-0.15, -0.1) is 0 Å². The molecule has 1 aromatic carbocycles. The zero-order chi connectivity index (χ0) is 28.8. The van der Waals surface area contributed by atoms with E-state index in [0.717, 1.165) is 0 Å². The number of phenols is 1. The molecule has 38 heavy (non-hydrogen) atoms. The third kappa shape index (κ3) is 11.4. The van der Waals surface area contributed by atoms with Gasteiger partial charge in [-0.1, -0.05) is 32.4 Å². The first-order valence-corrected chi connectivity index (χ1v) is 13.7. The van der Waals surface area contributed by atoms with Gasteiger partial charge in [0.2, 0.25) is 23.6 Å². The van der Waals surface area contributed by atoms with Gasteiger partial charge in [-0.3, -0.25) is 19.2 Å². The molecule has 9 N–H and O–H groups in total. The Kier molecular flexibility index (Phi) is 14.2. The van der Waals surface area contributed by atoms with Crippen LogP contribution >= 0.6 is 11.8 Å². The van der Waals surface area contributed by atoms with Crippen LogP contribution in [0.25, 0.3) is 0 Å². The normalized spacial score (nSPS) is 14.8. The quantitative estimate of drug-likeness (QED) is 0.137. The molecule has 0 saturated heterocycles. The molecule has 212 valence electrons. The van der Waals surface area contributed by atoms with Gasteiger partial charge in [-0.25, -0.2) is 4.79 Å². The van der Waals surface area contributed by atoms with E-state index in [4.69, 9.17) is 11.5 Å². The van der Waals surface area contributed by atoms with Crippen molar-refractivity contribution in [1.29, 1.82) is 0 Å². The zero-order valence-electron chi connectivity index (χ0n) is 21.9. The number of nitrogens with two attached hydrogens (primary N) is 2. The van der Waals surface area contributed by atoms with Crippen LogP contribution in [0.15, 0.2) is 24.3 Å². The summed E-state index contributed by atoms with van der Waals surface area (Å²) in [7, 11) is 0. The van der Waals surface area contributed by atoms with E-state index in [1.165, 1.54) is 23.9 Å². The summed E-state index contributed by atoms with van der Waals surface area (Å²) in [6, 6.07) is 1.44. The van der Waals surface area contributed by atoms with Crippen LogP contribution in [-0.2, 0) is 30.4 Å². The number of hydrogen-bond acceptors (Lipinski definition) is 8. The maximum Gasteiger partial charge on any atom is 0.326 e. The molecular formula is C25H39N5O7S. The van der Waals surface area contributed by atoms with Crippen LogP contribution in [0.3, 0.4) is 0 Å². The summed E-state index contributed by atoms with van der Waals surface area (Å²) in [5.74, 6) is -3.73. The number of benzene rings is 1. The van der Waals surface area contributed by atoms with Gasteiger partial charge in [0.25, 0.3) is 0 Å². The molecule has 5 unspecified atom stereocenters. The van der Waals surface area contributed by atoms with Crippen molar-refractivity contribution in [2.45, 2.75) is 70.1 Å². The van der Waals surface area contributed by atoms with Crippen LogP contribution in [0.4, 0.5) is 0 Å². The van der Waals surface area contributed by atoms with E-state index in [1.807, 2.05) is 6.26 Å². The number of aromatic hydroxyl groups is 1. The molecular weight excluding hydrogens is 514 g/mol. The van der Waals surface area contributed by atoms with Crippen LogP contribution in [0.5, 0.6) is 5.75 Å². The molecule has 0 radical (unpaired) electrons. The van der Waals surface area contributed by atoms with Gasteiger partial charge >= 0.3 is 5.97 Å².